The molecular formula is C16H20N2O3. The fourth-order valence-electron chi connectivity index (χ4n) is 2.81. The van der Waals surface area contributed by atoms with E-state index in [0.29, 0.717) is 39.1 Å². The topological polar surface area (TPSA) is 49.9 Å². The molecule has 2 aliphatic rings. The van der Waals surface area contributed by atoms with E-state index in [-0.39, 0.29) is 11.7 Å². The predicted molar refractivity (Wildman–Crippen MR) is 78.0 cm³/mol. The minimum absolute atomic E-state index is 0.113. The Morgan fingerprint density at radius 2 is 1.90 bits per heavy atom. The SMILES string of the molecule is O=C1CCN(C(=O)CN2CCOc3ccccc3C2)CC1. The van der Waals surface area contributed by atoms with Crippen LogP contribution in [-0.2, 0) is 16.1 Å². The monoisotopic (exact) mass is 288 g/mol. The number of likely N-dealkylation sites (tertiary alicyclic amines) is 1. The summed E-state index contributed by atoms with van der Waals surface area (Å²) >= 11 is 0. The second kappa shape index (κ2) is 6.26. The largest absolute Gasteiger partial charge is 0.492 e. The van der Waals surface area contributed by atoms with Crippen LogP contribution in [0.25, 0.3) is 0 Å². The molecule has 0 unspecified atom stereocenters. The highest BCUT2D eigenvalue weighted by atomic mass is 16.5. The Labute approximate surface area is 124 Å². The number of piperidine rings is 1. The maximum atomic E-state index is 12.3. The van der Waals surface area contributed by atoms with E-state index in [4.69, 9.17) is 4.74 Å². The van der Waals surface area contributed by atoms with Crippen LogP contribution in [0.2, 0.25) is 0 Å². The van der Waals surface area contributed by atoms with Crippen LogP contribution in [0.15, 0.2) is 24.3 Å². The average molecular weight is 288 g/mol. The second-order valence-electron chi connectivity index (χ2n) is 5.59. The summed E-state index contributed by atoms with van der Waals surface area (Å²) in [7, 11) is 0. The molecular weight excluding hydrogens is 268 g/mol. The number of ether oxygens (including phenoxy) is 1. The zero-order valence-electron chi connectivity index (χ0n) is 12.1. The van der Waals surface area contributed by atoms with E-state index in [1.807, 2.05) is 24.3 Å². The highest BCUT2D eigenvalue weighted by Gasteiger charge is 2.23. The van der Waals surface area contributed by atoms with Gasteiger partial charge in [0.1, 0.15) is 18.1 Å². The number of hydrogen-bond donors (Lipinski definition) is 0. The van der Waals surface area contributed by atoms with Crippen molar-refractivity contribution in [1.82, 2.24) is 9.80 Å². The number of Topliss-reactive ketones (excluding diaryl/α,β-unsaturated/α-hetero) is 1. The molecule has 21 heavy (non-hydrogen) atoms. The Bertz CT molecular complexity index is 534. The lowest BCUT2D eigenvalue weighted by atomic mass is 10.1. The molecule has 0 aromatic heterocycles. The molecule has 112 valence electrons. The van der Waals surface area contributed by atoms with Crippen molar-refractivity contribution in [2.45, 2.75) is 19.4 Å². The van der Waals surface area contributed by atoms with Crippen LogP contribution in [0.1, 0.15) is 18.4 Å². The number of hydrogen-bond acceptors (Lipinski definition) is 4. The van der Waals surface area contributed by atoms with Gasteiger partial charge in [-0.05, 0) is 6.07 Å². The van der Waals surface area contributed by atoms with Gasteiger partial charge in [0.25, 0.3) is 0 Å². The molecule has 1 saturated heterocycles. The first-order valence-electron chi connectivity index (χ1n) is 7.45. The molecule has 0 bridgehead atoms. The van der Waals surface area contributed by atoms with Crippen LogP contribution in [-0.4, -0.2) is 54.3 Å². The second-order valence-corrected chi connectivity index (χ2v) is 5.59. The Hall–Kier alpha value is -1.88. The van der Waals surface area contributed by atoms with Crippen LogP contribution in [0.5, 0.6) is 5.75 Å². The Balaban J connectivity index is 1.60. The van der Waals surface area contributed by atoms with E-state index >= 15 is 0 Å². The number of fused-ring (bicyclic) bond motifs is 1. The summed E-state index contributed by atoms with van der Waals surface area (Å²) in [6.07, 6.45) is 0.995. The first kappa shape index (κ1) is 14.1. The van der Waals surface area contributed by atoms with Crippen LogP contribution in [0.4, 0.5) is 0 Å². The third-order valence-electron chi connectivity index (χ3n) is 4.06. The van der Waals surface area contributed by atoms with Gasteiger partial charge in [0.05, 0.1) is 6.54 Å². The smallest absolute Gasteiger partial charge is 0.236 e. The molecule has 0 N–H and O–H groups in total. The number of para-hydroxylation sites is 1. The van der Waals surface area contributed by atoms with Crippen LogP contribution in [0.3, 0.4) is 0 Å². The summed E-state index contributed by atoms with van der Waals surface area (Å²) in [5, 5.41) is 0. The molecule has 2 aliphatic heterocycles. The molecule has 1 amide bonds. The van der Waals surface area contributed by atoms with Crippen molar-refractivity contribution in [3.05, 3.63) is 29.8 Å². The highest BCUT2D eigenvalue weighted by Crippen LogP contribution is 2.22. The fourth-order valence-corrected chi connectivity index (χ4v) is 2.81. The summed E-state index contributed by atoms with van der Waals surface area (Å²) in [6.45, 7) is 3.60. The molecule has 2 heterocycles. The van der Waals surface area contributed by atoms with Crippen molar-refractivity contribution in [3.63, 3.8) is 0 Å². The van der Waals surface area contributed by atoms with Crippen molar-refractivity contribution >= 4 is 11.7 Å². The van der Waals surface area contributed by atoms with Crippen LogP contribution < -0.4 is 4.74 Å². The van der Waals surface area contributed by atoms with Gasteiger partial charge < -0.3 is 9.64 Å². The molecule has 5 heteroatoms. The molecule has 0 saturated carbocycles. The summed E-state index contributed by atoms with van der Waals surface area (Å²) in [6, 6.07) is 7.96. The van der Waals surface area contributed by atoms with Crippen molar-refractivity contribution in [1.29, 1.82) is 0 Å². The third kappa shape index (κ3) is 3.42. The number of ketones is 1. The molecule has 1 aromatic rings. The summed E-state index contributed by atoms with van der Waals surface area (Å²) in [5.74, 6) is 1.29. The molecule has 0 spiro atoms. The lowest BCUT2D eigenvalue weighted by Gasteiger charge is -2.28. The average Bonchev–Trinajstić information content (AvgIpc) is 2.69. The van der Waals surface area contributed by atoms with E-state index in [1.165, 1.54) is 0 Å². The predicted octanol–water partition coefficient (Wildman–Crippen LogP) is 1.07. The molecule has 0 aliphatic carbocycles. The van der Waals surface area contributed by atoms with E-state index in [1.54, 1.807) is 4.90 Å². The van der Waals surface area contributed by atoms with Gasteiger partial charge in [-0.15, -0.1) is 0 Å². The minimum Gasteiger partial charge on any atom is -0.492 e. The van der Waals surface area contributed by atoms with Gasteiger partial charge in [-0.1, -0.05) is 18.2 Å². The third-order valence-corrected chi connectivity index (χ3v) is 4.06. The molecule has 0 atom stereocenters. The van der Waals surface area contributed by atoms with Gasteiger partial charge in [0, 0.05) is 44.6 Å². The summed E-state index contributed by atoms with van der Waals surface area (Å²) < 4.78 is 5.71. The summed E-state index contributed by atoms with van der Waals surface area (Å²) in [5.41, 5.74) is 1.12. The number of amides is 1. The van der Waals surface area contributed by atoms with Crippen molar-refractivity contribution < 1.29 is 14.3 Å². The number of benzene rings is 1. The standard InChI is InChI=1S/C16H20N2O3/c19-14-5-7-18(8-6-14)16(20)12-17-9-10-21-15-4-2-1-3-13(15)11-17/h1-4H,5-12H2. The lowest BCUT2D eigenvalue weighted by Crippen LogP contribution is -2.44. The van der Waals surface area contributed by atoms with E-state index in [2.05, 4.69) is 4.90 Å². The number of carbonyl (C=O) groups excluding carboxylic acids is 2. The van der Waals surface area contributed by atoms with Gasteiger partial charge in [0.15, 0.2) is 0 Å². The van der Waals surface area contributed by atoms with Crippen LogP contribution in [0, 0.1) is 0 Å². The Kier molecular flexibility index (Phi) is 4.20. The molecule has 0 radical (unpaired) electrons. The van der Waals surface area contributed by atoms with Crippen molar-refractivity contribution in [3.8, 4) is 5.75 Å². The van der Waals surface area contributed by atoms with Gasteiger partial charge in [-0.2, -0.15) is 0 Å². The normalized spacial score (nSPS) is 19.6. The Morgan fingerprint density at radius 1 is 1.14 bits per heavy atom. The van der Waals surface area contributed by atoms with Gasteiger partial charge >= 0.3 is 0 Å². The summed E-state index contributed by atoms with van der Waals surface area (Å²) in [4.78, 5) is 27.5. The van der Waals surface area contributed by atoms with Crippen LogP contribution >= 0.6 is 0 Å². The molecule has 1 fully saturated rings. The van der Waals surface area contributed by atoms with Gasteiger partial charge in [0.2, 0.25) is 5.91 Å². The fraction of sp³-hybridized carbons (Fsp3) is 0.500. The maximum Gasteiger partial charge on any atom is 0.236 e. The van der Waals surface area contributed by atoms with Gasteiger partial charge in [-0.25, -0.2) is 0 Å². The number of rotatable bonds is 2. The van der Waals surface area contributed by atoms with Crippen molar-refractivity contribution in [2.75, 3.05) is 32.8 Å². The van der Waals surface area contributed by atoms with E-state index in [0.717, 1.165) is 24.4 Å². The minimum atomic E-state index is 0.113. The van der Waals surface area contributed by atoms with E-state index in [9.17, 15) is 9.59 Å². The maximum absolute atomic E-state index is 12.3. The lowest BCUT2D eigenvalue weighted by molar-refractivity contribution is -0.135. The Morgan fingerprint density at radius 3 is 2.71 bits per heavy atom. The van der Waals surface area contributed by atoms with E-state index < -0.39 is 0 Å². The first-order chi connectivity index (χ1) is 10.2. The number of nitrogens with zero attached hydrogens (tertiary/aromatic N) is 2. The number of carbonyl (C=O) groups is 2. The molecule has 1 aromatic carbocycles. The highest BCUT2D eigenvalue weighted by molar-refractivity contribution is 5.84. The van der Waals surface area contributed by atoms with Crippen molar-refractivity contribution in [2.24, 2.45) is 0 Å². The zero-order valence-corrected chi connectivity index (χ0v) is 12.1. The molecule has 5 nitrogen and oxygen atoms in total. The zero-order chi connectivity index (χ0) is 14.7. The quantitative estimate of drug-likeness (QED) is 0.817. The molecule has 3 rings (SSSR count). The first-order valence-corrected chi connectivity index (χ1v) is 7.45. The van der Waals surface area contributed by atoms with Gasteiger partial charge in [-0.3, -0.25) is 14.5 Å².